The first-order valence-electron chi connectivity index (χ1n) is 18.9. The minimum Gasteiger partial charge on any atom is -0.454 e. The van der Waals surface area contributed by atoms with Crippen molar-refractivity contribution in [1.29, 1.82) is 0 Å². The smallest absolute Gasteiger partial charge is 0.159 e. The SMILES string of the molecule is C=C/C=C\c1oc2c(N(c3ccc(-c4cccc(C5C=CC=CC5)c4)cc3)c3cc4c(c5c3oc3ccccc35)CCC=C4)cc3ccccc3c2c1C. The molecule has 2 aromatic heterocycles. The fourth-order valence-corrected chi connectivity index (χ4v) is 8.56. The molecular weight excluding hydrogens is 659 g/mol. The first-order valence-corrected chi connectivity index (χ1v) is 18.9. The molecule has 0 saturated carbocycles. The molecule has 2 aliphatic rings. The van der Waals surface area contributed by atoms with Crippen molar-refractivity contribution < 1.29 is 8.83 Å². The fraction of sp³-hybridized carbons (Fsp3) is 0.0980. The van der Waals surface area contributed by atoms with Crippen LogP contribution in [0.1, 0.15) is 46.8 Å². The van der Waals surface area contributed by atoms with Gasteiger partial charge in [0.15, 0.2) is 11.2 Å². The van der Waals surface area contributed by atoms with Crippen LogP contribution in [0.2, 0.25) is 0 Å². The summed E-state index contributed by atoms with van der Waals surface area (Å²) in [6, 6.07) is 39.6. The van der Waals surface area contributed by atoms with E-state index in [0.717, 1.165) is 85.9 Å². The summed E-state index contributed by atoms with van der Waals surface area (Å²) in [7, 11) is 0. The average Bonchev–Trinajstić information content (AvgIpc) is 3.79. The second kappa shape index (κ2) is 13.1. The number of fused-ring (bicyclic) bond motifs is 8. The third-order valence-corrected chi connectivity index (χ3v) is 11.2. The molecule has 0 amide bonds. The number of allylic oxidation sites excluding steroid dienone is 7. The van der Waals surface area contributed by atoms with Gasteiger partial charge in [-0.25, -0.2) is 0 Å². The van der Waals surface area contributed by atoms with Gasteiger partial charge in [-0.3, -0.25) is 0 Å². The van der Waals surface area contributed by atoms with E-state index in [9.17, 15) is 0 Å². The zero-order valence-corrected chi connectivity index (χ0v) is 30.3. The molecule has 1 atom stereocenters. The number of anilines is 3. The largest absolute Gasteiger partial charge is 0.454 e. The normalized spacial score (nSPS) is 15.2. The van der Waals surface area contributed by atoms with Crippen molar-refractivity contribution in [2.24, 2.45) is 0 Å². The van der Waals surface area contributed by atoms with Gasteiger partial charge in [0, 0.05) is 33.3 Å². The molecule has 10 rings (SSSR count). The van der Waals surface area contributed by atoms with Gasteiger partial charge in [-0.15, -0.1) is 0 Å². The number of furan rings is 2. The second-order valence-corrected chi connectivity index (χ2v) is 14.4. The van der Waals surface area contributed by atoms with Gasteiger partial charge in [0.05, 0.1) is 11.4 Å². The lowest BCUT2D eigenvalue weighted by Crippen LogP contribution is -2.12. The van der Waals surface area contributed by atoms with Crippen LogP contribution in [0.15, 0.2) is 167 Å². The highest BCUT2D eigenvalue weighted by Gasteiger charge is 2.28. The van der Waals surface area contributed by atoms with Crippen LogP contribution >= 0.6 is 0 Å². The Bertz CT molecular complexity index is 2890. The molecule has 0 N–H and O–H groups in total. The van der Waals surface area contributed by atoms with Crippen molar-refractivity contribution in [1.82, 2.24) is 0 Å². The third-order valence-electron chi connectivity index (χ3n) is 11.2. The molecule has 6 aromatic carbocycles. The molecule has 0 radical (unpaired) electrons. The minimum atomic E-state index is 0.396. The summed E-state index contributed by atoms with van der Waals surface area (Å²) in [5.74, 6) is 1.22. The molecule has 0 saturated heterocycles. The van der Waals surface area contributed by atoms with E-state index in [0.29, 0.717) is 5.92 Å². The van der Waals surface area contributed by atoms with Crippen molar-refractivity contribution >= 4 is 72.9 Å². The molecule has 1 unspecified atom stereocenters. The van der Waals surface area contributed by atoms with Gasteiger partial charge in [0.25, 0.3) is 0 Å². The summed E-state index contributed by atoms with van der Waals surface area (Å²) in [6.45, 7) is 6.07. The van der Waals surface area contributed by atoms with Crippen molar-refractivity contribution in [3.05, 3.63) is 186 Å². The molecule has 260 valence electrons. The van der Waals surface area contributed by atoms with Crippen LogP contribution in [0.4, 0.5) is 17.1 Å². The Morgan fingerprint density at radius 1 is 0.741 bits per heavy atom. The Labute approximate surface area is 315 Å². The van der Waals surface area contributed by atoms with Gasteiger partial charge in [-0.05, 0) is 101 Å². The Hall–Kier alpha value is -6.58. The van der Waals surface area contributed by atoms with Gasteiger partial charge in [-0.1, -0.05) is 134 Å². The van der Waals surface area contributed by atoms with E-state index in [4.69, 9.17) is 8.83 Å². The number of nitrogens with zero attached hydrogens (tertiary/aromatic N) is 1. The Morgan fingerprint density at radius 2 is 1.56 bits per heavy atom. The number of para-hydroxylation sites is 1. The van der Waals surface area contributed by atoms with Crippen LogP contribution in [-0.2, 0) is 6.42 Å². The van der Waals surface area contributed by atoms with Gasteiger partial charge in [-0.2, -0.15) is 0 Å². The predicted octanol–water partition coefficient (Wildman–Crippen LogP) is 14.7. The summed E-state index contributed by atoms with van der Waals surface area (Å²) in [6.07, 6.45) is 22.1. The van der Waals surface area contributed by atoms with Crippen LogP contribution in [-0.4, -0.2) is 0 Å². The summed E-state index contributed by atoms with van der Waals surface area (Å²) < 4.78 is 13.8. The lowest BCUT2D eigenvalue weighted by Gasteiger charge is -2.28. The maximum Gasteiger partial charge on any atom is 0.159 e. The molecule has 0 spiro atoms. The molecule has 2 aliphatic carbocycles. The fourth-order valence-electron chi connectivity index (χ4n) is 8.56. The van der Waals surface area contributed by atoms with E-state index in [1.54, 1.807) is 6.08 Å². The van der Waals surface area contributed by atoms with Gasteiger partial charge in [0.2, 0.25) is 0 Å². The number of benzene rings is 6. The topological polar surface area (TPSA) is 29.5 Å². The second-order valence-electron chi connectivity index (χ2n) is 14.4. The first kappa shape index (κ1) is 32.1. The van der Waals surface area contributed by atoms with Crippen LogP contribution in [0.3, 0.4) is 0 Å². The average molecular weight is 698 g/mol. The van der Waals surface area contributed by atoms with Crippen molar-refractivity contribution in [2.45, 2.75) is 32.1 Å². The molecule has 3 heteroatoms. The molecule has 2 heterocycles. The van der Waals surface area contributed by atoms with Crippen LogP contribution < -0.4 is 4.90 Å². The lowest BCUT2D eigenvalue weighted by molar-refractivity contribution is 0.601. The van der Waals surface area contributed by atoms with Crippen LogP contribution in [0.5, 0.6) is 0 Å². The van der Waals surface area contributed by atoms with E-state index in [-0.39, 0.29) is 0 Å². The quantitative estimate of drug-likeness (QED) is 0.155. The molecule has 54 heavy (non-hydrogen) atoms. The minimum absolute atomic E-state index is 0.396. The van der Waals surface area contributed by atoms with Gasteiger partial charge >= 0.3 is 0 Å². The van der Waals surface area contributed by atoms with Gasteiger partial charge < -0.3 is 13.7 Å². The van der Waals surface area contributed by atoms with E-state index in [1.165, 1.54) is 33.2 Å². The summed E-state index contributed by atoms with van der Waals surface area (Å²) in [5, 5.41) is 5.75. The monoisotopic (exact) mass is 697 g/mol. The zero-order chi connectivity index (χ0) is 36.2. The highest BCUT2D eigenvalue weighted by Crippen LogP contribution is 2.50. The number of aryl methyl sites for hydroxylation is 2. The highest BCUT2D eigenvalue weighted by atomic mass is 16.3. The molecular formula is C51H39NO2. The van der Waals surface area contributed by atoms with Crippen molar-refractivity contribution in [3.8, 4) is 11.1 Å². The Morgan fingerprint density at radius 3 is 2.41 bits per heavy atom. The molecule has 0 aliphatic heterocycles. The molecule has 3 nitrogen and oxygen atoms in total. The number of rotatable bonds is 7. The molecule has 0 fully saturated rings. The Kier molecular flexibility index (Phi) is 7.80. The number of hydrogen-bond acceptors (Lipinski definition) is 3. The summed E-state index contributed by atoms with van der Waals surface area (Å²) in [5.41, 5.74) is 12.9. The maximum absolute atomic E-state index is 6.89. The maximum atomic E-state index is 6.89. The molecule has 0 bridgehead atoms. The predicted molar refractivity (Wildman–Crippen MR) is 228 cm³/mol. The number of hydrogen-bond donors (Lipinski definition) is 0. The van der Waals surface area contributed by atoms with Gasteiger partial charge in [0.1, 0.15) is 11.3 Å². The van der Waals surface area contributed by atoms with Crippen LogP contribution in [0.25, 0.3) is 67.0 Å². The van der Waals surface area contributed by atoms with E-state index in [1.807, 2.05) is 12.2 Å². The Balaban J connectivity index is 1.24. The summed E-state index contributed by atoms with van der Waals surface area (Å²) in [4.78, 5) is 2.35. The van der Waals surface area contributed by atoms with Crippen molar-refractivity contribution in [3.63, 3.8) is 0 Å². The standard InChI is InChI=1S/C51H39NO2/c1-3-4-24-46-33(2)48-41-21-10-8-17-38(41)31-44(50(48)53-46)52(40-28-26-35(27-29-40)37-20-14-19-36(30-37)34-15-6-5-7-16-34)45-32-39-18-9-11-22-42(39)49-43-23-12-13-25-47(43)54-51(45)49/h3-10,12-15,17-21,23-32,34H,1,11,16,22H2,2H3/b24-4-. The lowest BCUT2D eigenvalue weighted by atomic mass is 9.90. The third kappa shape index (κ3) is 5.27. The van der Waals surface area contributed by atoms with E-state index < -0.39 is 0 Å². The van der Waals surface area contributed by atoms with Crippen LogP contribution in [0, 0.1) is 6.92 Å². The first-order chi connectivity index (χ1) is 26.7. The van der Waals surface area contributed by atoms with E-state index in [2.05, 4.69) is 164 Å². The zero-order valence-electron chi connectivity index (χ0n) is 30.3. The summed E-state index contributed by atoms with van der Waals surface area (Å²) >= 11 is 0. The highest BCUT2D eigenvalue weighted by molar-refractivity contribution is 6.17. The molecule has 8 aromatic rings. The van der Waals surface area contributed by atoms with E-state index >= 15 is 0 Å². The van der Waals surface area contributed by atoms with Crippen molar-refractivity contribution in [2.75, 3.05) is 4.90 Å².